The number of nitrogens with one attached hydrogen (secondary N) is 1. The van der Waals surface area contributed by atoms with Gasteiger partial charge in [-0.1, -0.05) is 12.1 Å². The highest BCUT2D eigenvalue weighted by atomic mass is 16.5. The number of ether oxygens (including phenoxy) is 2. The predicted octanol–water partition coefficient (Wildman–Crippen LogP) is 2.68. The van der Waals surface area contributed by atoms with Crippen molar-refractivity contribution in [1.82, 2.24) is 15.2 Å². The molecular weight excluding hydrogens is 314 g/mol. The van der Waals surface area contributed by atoms with Crippen LogP contribution in [0.15, 0.2) is 42.6 Å². The van der Waals surface area contributed by atoms with E-state index in [9.17, 15) is 0 Å². The highest BCUT2D eigenvalue weighted by Crippen LogP contribution is 2.34. The van der Waals surface area contributed by atoms with Crippen LogP contribution in [0.3, 0.4) is 0 Å². The molecule has 2 heterocycles. The summed E-state index contributed by atoms with van der Waals surface area (Å²) in [5.74, 6) is 1.69. The molecule has 1 aromatic heterocycles. The van der Waals surface area contributed by atoms with Gasteiger partial charge in [0.2, 0.25) is 0 Å². The molecule has 1 aliphatic rings. The van der Waals surface area contributed by atoms with Gasteiger partial charge < -0.3 is 14.8 Å². The lowest BCUT2D eigenvalue weighted by Gasteiger charge is -2.31. The highest BCUT2D eigenvalue weighted by molar-refractivity contribution is 5.43. The Bertz CT molecular complexity index is 655. The quantitative estimate of drug-likeness (QED) is 0.875. The molecule has 0 aliphatic carbocycles. The van der Waals surface area contributed by atoms with E-state index in [-0.39, 0.29) is 6.04 Å². The lowest BCUT2D eigenvalue weighted by molar-refractivity contribution is 0.203. The summed E-state index contributed by atoms with van der Waals surface area (Å²) in [6.45, 7) is 4.18. The Hall–Kier alpha value is -2.11. The predicted molar refractivity (Wildman–Crippen MR) is 99.3 cm³/mol. The van der Waals surface area contributed by atoms with Gasteiger partial charge in [-0.2, -0.15) is 0 Å². The molecule has 0 spiro atoms. The molecule has 134 valence electrons. The van der Waals surface area contributed by atoms with Crippen molar-refractivity contribution < 1.29 is 9.47 Å². The molecule has 1 saturated heterocycles. The van der Waals surface area contributed by atoms with Crippen LogP contribution in [-0.2, 0) is 6.42 Å². The molecule has 0 bridgehead atoms. The molecule has 25 heavy (non-hydrogen) atoms. The van der Waals surface area contributed by atoms with Gasteiger partial charge in [0.1, 0.15) is 11.5 Å². The second-order valence-electron chi connectivity index (χ2n) is 6.29. The number of hydrogen-bond donors (Lipinski definition) is 1. The van der Waals surface area contributed by atoms with Crippen molar-refractivity contribution in [2.24, 2.45) is 0 Å². The lowest BCUT2D eigenvalue weighted by Crippen LogP contribution is -2.34. The van der Waals surface area contributed by atoms with Crippen LogP contribution in [-0.4, -0.2) is 50.3 Å². The molecule has 5 heteroatoms. The van der Waals surface area contributed by atoms with Crippen molar-refractivity contribution in [3.63, 3.8) is 0 Å². The van der Waals surface area contributed by atoms with Gasteiger partial charge in [0.05, 0.1) is 14.2 Å². The van der Waals surface area contributed by atoms with E-state index in [0.717, 1.165) is 56.2 Å². The van der Waals surface area contributed by atoms with Gasteiger partial charge >= 0.3 is 0 Å². The number of aromatic nitrogens is 1. The minimum absolute atomic E-state index is 0.232. The molecule has 5 nitrogen and oxygen atoms in total. The van der Waals surface area contributed by atoms with E-state index in [0.29, 0.717) is 0 Å². The van der Waals surface area contributed by atoms with Crippen LogP contribution in [0.25, 0.3) is 0 Å². The molecule has 1 aromatic carbocycles. The highest BCUT2D eigenvalue weighted by Gasteiger charge is 2.25. The van der Waals surface area contributed by atoms with E-state index >= 15 is 0 Å². The first-order valence-electron chi connectivity index (χ1n) is 8.88. The Balaban J connectivity index is 1.94. The maximum atomic E-state index is 5.69. The average Bonchev–Trinajstić information content (AvgIpc) is 2.96. The normalized spacial score (nSPS) is 16.9. The molecule has 1 aliphatic heterocycles. The van der Waals surface area contributed by atoms with Crippen molar-refractivity contribution in [1.29, 1.82) is 0 Å². The number of benzene rings is 1. The fraction of sp³-hybridized carbons (Fsp3) is 0.450. The molecule has 0 amide bonds. The molecule has 0 radical (unpaired) electrons. The summed E-state index contributed by atoms with van der Waals surface area (Å²) in [5.41, 5.74) is 2.29. The summed E-state index contributed by atoms with van der Waals surface area (Å²) < 4.78 is 11.0. The number of pyridine rings is 1. The third-order valence-corrected chi connectivity index (χ3v) is 4.74. The SMILES string of the molecule is COc1ccc(C(Cc2ccccn2)N2CCCNCC2)c(OC)c1. The van der Waals surface area contributed by atoms with Crippen molar-refractivity contribution in [2.45, 2.75) is 18.9 Å². The van der Waals surface area contributed by atoms with Gasteiger partial charge in [-0.15, -0.1) is 0 Å². The first-order chi connectivity index (χ1) is 12.3. The van der Waals surface area contributed by atoms with Crippen molar-refractivity contribution >= 4 is 0 Å². The zero-order valence-electron chi connectivity index (χ0n) is 15.1. The molecule has 0 saturated carbocycles. The smallest absolute Gasteiger partial charge is 0.127 e. The monoisotopic (exact) mass is 341 g/mol. The van der Waals surface area contributed by atoms with E-state index in [4.69, 9.17) is 9.47 Å². The van der Waals surface area contributed by atoms with Gasteiger partial charge in [0, 0.05) is 55.6 Å². The summed E-state index contributed by atoms with van der Waals surface area (Å²) in [4.78, 5) is 7.08. The summed E-state index contributed by atoms with van der Waals surface area (Å²) in [6, 6.07) is 12.5. The fourth-order valence-corrected chi connectivity index (χ4v) is 3.42. The third kappa shape index (κ3) is 4.50. The van der Waals surface area contributed by atoms with Crippen molar-refractivity contribution in [3.8, 4) is 11.5 Å². The van der Waals surface area contributed by atoms with E-state index in [1.54, 1.807) is 14.2 Å². The van der Waals surface area contributed by atoms with Gasteiger partial charge in [-0.25, -0.2) is 0 Å². The number of hydrogen-bond acceptors (Lipinski definition) is 5. The minimum atomic E-state index is 0.232. The molecule has 2 aromatic rings. The van der Waals surface area contributed by atoms with E-state index in [2.05, 4.69) is 33.4 Å². The Kier molecular flexibility index (Phi) is 6.25. The second kappa shape index (κ2) is 8.83. The zero-order valence-corrected chi connectivity index (χ0v) is 15.1. The standard InChI is InChI=1S/C20H27N3O2/c1-24-17-7-8-18(20(15-17)25-2)19(14-16-6-3-4-10-22-16)23-12-5-9-21-11-13-23/h3-4,6-8,10,15,19,21H,5,9,11-14H2,1-2H3. The number of nitrogens with zero attached hydrogens (tertiary/aromatic N) is 2. The summed E-state index contributed by atoms with van der Waals surface area (Å²) in [6.07, 6.45) is 3.88. The molecule has 1 N–H and O–H groups in total. The first-order valence-corrected chi connectivity index (χ1v) is 8.88. The molecule has 1 fully saturated rings. The molecular formula is C20H27N3O2. The zero-order chi connectivity index (χ0) is 17.5. The van der Waals surface area contributed by atoms with Crippen LogP contribution in [0.5, 0.6) is 11.5 Å². The van der Waals surface area contributed by atoms with Crippen LogP contribution in [0.2, 0.25) is 0 Å². The van der Waals surface area contributed by atoms with E-state index < -0.39 is 0 Å². The van der Waals surface area contributed by atoms with Crippen LogP contribution in [0.4, 0.5) is 0 Å². The lowest BCUT2D eigenvalue weighted by atomic mass is 9.98. The molecule has 1 unspecified atom stereocenters. The molecule has 1 atom stereocenters. The number of rotatable bonds is 6. The van der Waals surface area contributed by atoms with Crippen LogP contribution >= 0.6 is 0 Å². The van der Waals surface area contributed by atoms with Crippen LogP contribution < -0.4 is 14.8 Å². The van der Waals surface area contributed by atoms with E-state index in [1.807, 2.05) is 24.4 Å². The minimum Gasteiger partial charge on any atom is -0.497 e. The second-order valence-corrected chi connectivity index (χ2v) is 6.29. The summed E-state index contributed by atoms with van der Waals surface area (Å²) in [7, 11) is 3.40. The molecule has 3 rings (SSSR count). The van der Waals surface area contributed by atoms with Crippen LogP contribution in [0.1, 0.15) is 23.7 Å². The van der Waals surface area contributed by atoms with Gasteiger partial charge in [0.15, 0.2) is 0 Å². The largest absolute Gasteiger partial charge is 0.497 e. The summed E-state index contributed by atoms with van der Waals surface area (Å²) >= 11 is 0. The maximum Gasteiger partial charge on any atom is 0.127 e. The van der Waals surface area contributed by atoms with Crippen molar-refractivity contribution in [2.75, 3.05) is 40.4 Å². The topological polar surface area (TPSA) is 46.6 Å². The summed E-state index contributed by atoms with van der Waals surface area (Å²) in [5, 5.41) is 3.49. The average molecular weight is 341 g/mol. The Labute approximate surface area is 150 Å². The van der Waals surface area contributed by atoms with Gasteiger partial charge in [-0.3, -0.25) is 9.88 Å². The first kappa shape index (κ1) is 17.7. The fourth-order valence-electron chi connectivity index (χ4n) is 3.42. The van der Waals surface area contributed by atoms with Gasteiger partial charge in [0.25, 0.3) is 0 Å². The Morgan fingerprint density at radius 2 is 2.04 bits per heavy atom. The van der Waals surface area contributed by atoms with Gasteiger partial charge in [-0.05, 0) is 31.2 Å². The Morgan fingerprint density at radius 3 is 2.80 bits per heavy atom. The Morgan fingerprint density at radius 1 is 1.12 bits per heavy atom. The number of methoxy groups -OCH3 is 2. The maximum absolute atomic E-state index is 5.69. The van der Waals surface area contributed by atoms with Crippen molar-refractivity contribution in [3.05, 3.63) is 53.9 Å². The van der Waals surface area contributed by atoms with E-state index in [1.165, 1.54) is 5.56 Å². The van der Waals surface area contributed by atoms with Crippen LogP contribution in [0, 0.1) is 0 Å². The third-order valence-electron chi connectivity index (χ3n) is 4.74.